The van der Waals surface area contributed by atoms with Gasteiger partial charge in [0, 0.05) is 0 Å². The van der Waals surface area contributed by atoms with Crippen LogP contribution in [0, 0.1) is 0 Å². The highest BCUT2D eigenvalue weighted by Gasteiger charge is 2.46. The van der Waals surface area contributed by atoms with Gasteiger partial charge in [-0.05, 0) is 12.8 Å². The fourth-order valence-corrected chi connectivity index (χ4v) is 2.01. The average molecular weight is 156 g/mol. The first-order valence-electron chi connectivity index (χ1n) is 4.00. The second-order valence-corrected chi connectivity index (χ2v) is 3.47. The zero-order valence-electron chi connectivity index (χ0n) is 6.34. The van der Waals surface area contributed by atoms with E-state index in [-0.39, 0.29) is 5.54 Å². The van der Waals surface area contributed by atoms with Crippen molar-refractivity contribution < 1.29 is 9.90 Å². The third-order valence-corrected chi connectivity index (χ3v) is 2.62. The Balaban J connectivity index is 1.91. The lowest BCUT2D eigenvalue weighted by Crippen LogP contribution is -2.71. The SMILES string of the molecule is O=C(O)N1CC2(CCCC2)N1. The second kappa shape index (κ2) is 2.11. The van der Waals surface area contributed by atoms with Crippen molar-refractivity contribution in [2.24, 2.45) is 0 Å². The lowest BCUT2D eigenvalue weighted by Gasteiger charge is -2.47. The van der Waals surface area contributed by atoms with Crippen LogP contribution in [0.2, 0.25) is 0 Å². The Bertz CT molecular complexity index is 179. The van der Waals surface area contributed by atoms with Crippen molar-refractivity contribution in [1.82, 2.24) is 10.4 Å². The molecule has 1 amide bonds. The summed E-state index contributed by atoms with van der Waals surface area (Å²) in [4.78, 5) is 10.4. The molecule has 2 rings (SSSR count). The maximum atomic E-state index is 10.4. The first-order valence-corrected chi connectivity index (χ1v) is 4.00. The first-order chi connectivity index (χ1) is 5.22. The Morgan fingerprint density at radius 3 is 2.45 bits per heavy atom. The molecule has 2 N–H and O–H groups in total. The molecule has 1 heterocycles. The third kappa shape index (κ3) is 0.976. The molecule has 2 fully saturated rings. The van der Waals surface area contributed by atoms with Crippen LogP contribution in [-0.2, 0) is 0 Å². The third-order valence-electron chi connectivity index (χ3n) is 2.62. The average Bonchev–Trinajstić information content (AvgIpc) is 2.29. The number of hydrogen-bond donors (Lipinski definition) is 2. The predicted octanol–water partition coefficient (Wildman–Crippen LogP) is 0.797. The minimum Gasteiger partial charge on any atom is -0.464 e. The number of amides is 1. The predicted molar refractivity (Wildman–Crippen MR) is 39.1 cm³/mol. The van der Waals surface area contributed by atoms with Crippen molar-refractivity contribution in [3.63, 3.8) is 0 Å². The molecule has 0 aromatic rings. The van der Waals surface area contributed by atoms with Gasteiger partial charge in [-0.2, -0.15) is 0 Å². The van der Waals surface area contributed by atoms with Gasteiger partial charge in [0.15, 0.2) is 0 Å². The normalized spacial score (nSPS) is 27.1. The number of hydrogen-bond acceptors (Lipinski definition) is 2. The van der Waals surface area contributed by atoms with Crippen LogP contribution in [0.3, 0.4) is 0 Å². The number of nitrogens with zero attached hydrogens (tertiary/aromatic N) is 1. The number of carbonyl (C=O) groups is 1. The molecule has 4 heteroatoms. The number of nitrogens with one attached hydrogen (secondary N) is 1. The van der Waals surface area contributed by atoms with Crippen LogP contribution in [-0.4, -0.2) is 28.3 Å². The van der Waals surface area contributed by atoms with Crippen molar-refractivity contribution in [2.45, 2.75) is 31.2 Å². The van der Waals surface area contributed by atoms with E-state index in [0.29, 0.717) is 6.54 Å². The zero-order valence-corrected chi connectivity index (χ0v) is 6.34. The van der Waals surface area contributed by atoms with Gasteiger partial charge in [-0.25, -0.2) is 15.2 Å². The molecular weight excluding hydrogens is 144 g/mol. The molecule has 1 saturated carbocycles. The summed E-state index contributed by atoms with van der Waals surface area (Å²) in [7, 11) is 0. The van der Waals surface area contributed by atoms with Gasteiger partial charge in [0.2, 0.25) is 0 Å². The summed E-state index contributed by atoms with van der Waals surface area (Å²) in [6.07, 6.45) is 3.89. The molecule has 0 bridgehead atoms. The van der Waals surface area contributed by atoms with E-state index in [9.17, 15) is 4.79 Å². The van der Waals surface area contributed by atoms with Crippen LogP contribution in [0.5, 0.6) is 0 Å². The number of hydrazine groups is 1. The Kier molecular flexibility index (Phi) is 1.32. The van der Waals surface area contributed by atoms with Gasteiger partial charge in [0.05, 0.1) is 12.1 Å². The van der Waals surface area contributed by atoms with E-state index in [0.717, 1.165) is 12.8 Å². The fourth-order valence-electron chi connectivity index (χ4n) is 2.01. The molecule has 0 radical (unpaired) electrons. The highest BCUT2D eigenvalue weighted by atomic mass is 16.4. The number of carboxylic acid groups (broad SMARTS) is 1. The van der Waals surface area contributed by atoms with Crippen LogP contribution in [0.25, 0.3) is 0 Å². The van der Waals surface area contributed by atoms with E-state index in [4.69, 9.17) is 5.11 Å². The molecule has 0 aromatic carbocycles. The Hall–Kier alpha value is -0.770. The summed E-state index contributed by atoms with van der Waals surface area (Å²) in [6, 6.07) is 0. The van der Waals surface area contributed by atoms with E-state index in [1.54, 1.807) is 0 Å². The standard InChI is InChI=1S/C7H12N2O2/c10-6(11)9-5-7(8-9)3-1-2-4-7/h8H,1-5H2,(H,10,11). The van der Waals surface area contributed by atoms with Gasteiger partial charge in [-0.3, -0.25) is 0 Å². The molecule has 2 aliphatic rings. The molecule has 11 heavy (non-hydrogen) atoms. The van der Waals surface area contributed by atoms with E-state index >= 15 is 0 Å². The highest BCUT2D eigenvalue weighted by Crippen LogP contribution is 2.35. The molecule has 4 nitrogen and oxygen atoms in total. The molecule has 0 atom stereocenters. The lowest BCUT2D eigenvalue weighted by atomic mass is 9.94. The molecule has 0 aromatic heterocycles. The fraction of sp³-hybridized carbons (Fsp3) is 0.857. The largest absolute Gasteiger partial charge is 0.464 e. The molecule has 0 unspecified atom stereocenters. The van der Waals surface area contributed by atoms with Gasteiger partial charge in [-0.15, -0.1) is 0 Å². The quantitative estimate of drug-likeness (QED) is 0.545. The Morgan fingerprint density at radius 2 is 2.00 bits per heavy atom. The maximum Gasteiger partial charge on any atom is 0.421 e. The van der Waals surface area contributed by atoms with Gasteiger partial charge < -0.3 is 5.11 Å². The summed E-state index contributed by atoms with van der Waals surface area (Å²) in [5.41, 5.74) is 3.15. The minimum atomic E-state index is -0.859. The van der Waals surface area contributed by atoms with Crippen molar-refractivity contribution in [2.75, 3.05) is 6.54 Å². The molecular formula is C7H12N2O2. The molecule has 1 aliphatic heterocycles. The zero-order chi connectivity index (χ0) is 7.90. The minimum absolute atomic E-state index is 0.165. The van der Waals surface area contributed by atoms with Crippen molar-refractivity contribution >= 4 is 6.09 Å². The Labute approximate surface area is 65.2 Å². The van der Waals surface area contributed by atoms with E-state index in [1.807, 2.05) is 0 Å². The summed E-state index contributed by atoms with van der Waals surface area (Å²) in [5, 5.41) is 9.81. The van der Waals surface area contributed by atoms with E-state index in [1.165, 1.54) is 17.9 Å². The van der Waals surface area contributed by atoms with Crippen LogP contribution in [0.1, 0.15) is 25.7 Å². The topological polar surface area (TPSA) is 52.6 Å². The number of rotatable bonds is 0. The summed E-state index contributed by atoms with van der Waals surface area (Å²) in [6.45, 7) is 0.683. The van der Waals surface area contributed by atoms with Crippen LogP contribution in [0.15, 0.2) is 0 Å². The van der Waals surface area contributed by atoms with Gasteiger partial charge in [0.1, 0.15) is 0 Å². The molecule has 62 valence electrons. The van der Waals surface area contributed by atoms with Gasteiger partial charge >= 0.3 is 6.09 Å². The highest BCUT2D eigenvalue weighted by molar-refractivity contribution is 5.65. The van der Waals surface area contributed by atoms with Crippen LogP contribution >= 0.6 is 0 Å². The van der Waals surface area contributed by atoms with Crippen LogP contribution < -0.4 is 5.43 Å². The summed E-state index contributed by atoms with van der Waals surface area (Å²) < 4.78 is 0. The van der Waals surface area contributed by atoms with E-state index in [2.05, 4.69) is 5.43 Å². The molecule has 1 aliphatic carbocycles. The van der Waals surface area contributed by atoms with Gasteiger partial charge in [-0.1, -0.05) is 12.8 Å². The van der Waals surface area contributed by atoms with Crippen LogP contribution in [0.4, 0.5) is 4.79 Å². The van der Waals surface area contributed by atoms with E-state index < -0.39 is 6.09 Å². The van der Waals surface area contributed by atoms with Crippen molar-refractivity contribution in [3.8, 4) is 0 Å². The summed E-state index contributed by atoms with van der Waals surface area (Å²) >= 11 is 0. The van der Waals surface area contributed by atoms with Crippen molar-refractivity contribution in [3.05, 3.63) is 0 Å². The maximum absolute atomic E-state index is 10.4. The Morgan fingerprint density at radius 1 is 1.45 bits per heavy atom. The monoisotopic (exact) mass is 156 g/mol. The van der Waals surface area contributed by atoms with Crippen molar-refractivity contribution in [1.29, 1.82) is 0 Å². The summed E-state index contributed by atoms with van der Waals surface area (Å²) in [5.74, 6) is 0. The second-order valence-electron chi connectivity index (χ2n) is 3.47. The molecule has 1 spiro atoms. The molecule has 1 saturated heterocycles. The lowest BCUT2D eigenvalue weighted by molar-refractivity contribution is -0.0134. The smallest absolute Gasteiger partial charge is 0.421 e. The van der Waals surface area contributed by atoms with Gasteiger partial charge in [0.25, 0.3) is 0 Å². The first kappa shape index (κ1) is 6.91.